The van der Waals surface area contributed by atoms with Crippen LogP contribution in [0.2, 0.25) is 0 Å². The molecule has 23 heavy (non-hydrogen) atoms. The highest BCUT2D eigenvalue weighted by Crippen LogP contribution is 2.34. The second-order valence-corrected chi connectivity index (χ2v) is 5.22. The SMILES string of the molecule is COc1ccc(-c2cnc3[nH]cc(-c4ccoc4)c3c2)cc1O. The lowest BCUT2D eigenvalue weighted by Crippen LogP contribution is -1.86. The van der Waals surface area contributed by atoms with Gasteiger partial charge in [0.25, 0.3) is 0 Å². The molecule has 0 unspecified atom stereocenters. The minimum atomic E-state index is 0.106. The summed E-state index contributed by atoms with van der Waals surface area (Å²) in [4.78, 5) is 7.62. The van der Waals surface area contributed by atoms with Crippen LogP contribution in [0.5, 0.6) is 11.5 Å². The summed E-state index contributed by atoms with van der Waals surface area (Å²) in [7, 11) is 1.53. The number of fused-ring (bicyclic) bond motifs is 1. The number of aromatic amines is 1. The predicted molar refractivity (Wildman–Crippen MR) is 87.4 cm³/mol. The van der Waals surface area contributed by atoms with Gasteiger partial charge in [-0.25, -0.2) is 4.98 Å². The molecule has 4 rings (SSSR count). The van der Waals surface area contributed by atoms with Crippen molar-refractivity contribution in [3.05, 3.63) is 55.3 Å². The van der Waals surface area contributed by atoms with Gasteiger partial charge in [-0.2, -0.15) is 0 Å². The van der Waals surface area contributed by atoms with E-state index in [-0.39, 0.29) is 5.75 Å². The maximum absolute atomic E-state index is 9.97. The van der Waals surface area contributed by atoms with Crippen LogP contribution in [0, 0.1) is 0 Å². The smallest absolute Gasteiger partial charge is 0.160 e. The number of aromatic hydroxyl groups is 1. The van der Waals surface area contributed by atoms with Crippen molar-refractivity contribution in [2.45, 2.75) is 0 Å². The van der Waals surface area contributed by atoms with Crippen LogP contribution < -0.4 is 4.74 Å². The fourth-order valence-electron chi connectivity index (χ4n) is 2.69. The van der Waals surface area contributed by atoms with Crippen LogP contribution in [0.15, 0.2) is 59.7 Å². The zero-order valence-corrected chi connectivity index (χ0v) is 12.4. The average molecular weight is 306 g/mol. The molecule has 3 heterocycles. The predicted octanol–water partition coefficient (Wildman–Crippen LogP) is 4.20. The van der Waals surface area contributed by atoms with Crippen LogP contribution in [-0.4, -0.2) is 22.2 Å². The van der Waals surface area contributed by atoms with Crippen molar-refractivity contribution < 1.29 is 14.3 Å². The highest BCUT2D eigenvalue weighted by Gasteiger charge is 2.11. The number of aromatic nitrogens is 2. The van der Waals surface area contributed by atoms with Gasteiger partial charge in [0.15, 0.2) is 11.5 Å². The number of phenols is 1. The summed E-state index contributed by atoms with van der Waals surface area (Å²) in [6.45, 7) is 0. The molecular weight excluding hydrogens is 292 g/mol. The molecule has 0 aliphatic carbocycles. The van der Waals surface area contributed by atoms with E-state index in [9.17, 15) is 5.11 Å². The molecule has 0 saturated carbocycles. The van der Waals surface area contributed by atoms with E-state index in [2.05, 4.69) is 9.97 Å². The van der Waals surface area contributed by atoms with Crippen LogP contribution in [0.3, 0.4) is 0 Å². The molecule has 3 aromatic heterocycles. The van der Waals surface area contributed by atoms with Gasteiger partial charge in [-0.15, -0.1) is 0 Å². The maximum atomic E-state index is 9.97. The number of H-pyrrole nitrogens is 1. The van der Waals surface area contributed by atoms with Crippen molar-refractivity contribution in [2.75, 3.05) is 7.11 Å². The van der Waals surface area contributed by atoms with E-state index < -0.39 is 0 Å². The van der Waals surface area contributed by atoms with Crippen molar-refractivity contribution in [3.8, 4) is 33.8 Å². The Morgan fingerprint density at radius 2 is 2.04 bits per heavy atom. The Balaban J connectivity index is 1.85. The Morgan fingerprint density at radius 1 is 1.13 bits per heavy atom. The van der Waals surface area contributed by atoms with Crippen molar-refractivity contribution in [1.82, 2.24) is 9.97 Å². The number of nitrogens with zero attached hydrogens (tertiary/aromatic N) is 1. The third-order valence-corrected chi connectivity index (χ3v) is 3.88. The van der Waals surface area contributed by atoms with Crippen molar-refractivity contribution in [3.63, 3.8) is 0 Å². The van der Waals surface area contributed by atoms with Gasteiger partial charge in [-0.3, -0.25) is 0 Å². The Bertz CT molecular complexity index is 971. The van der Waals surface area contributed by atoms with Crippen LogP contribution in [-0.2, 0) is 0 Å². The van der Waals surface area contributed by atoms with E-state index in [1.54, 1.807) is 30.9 Å². The quantitative estimate of drug-likeness (QED) is 0.595. The third kappa shape index (κ3) is 2.23. The van der Waals surface area contributed by atoms with Crippen LogP contribution in [0.1, 0.15) is 0 Å². The molecule has 1 aromatic carbocycles. The molecule has 5 nitrogen and oxygen atoms in total. The monoisotopic (exact) mass is 306 g/mol. The molecule has 5 heteroatoms. The average Bonchev–Trinajstić information content (AvgIpc) is 3.23. The lowest BCUT2D eigenvalue weighted by Gasteiger charge is -2.06. The number of benzene rings is 1. The standard InChI is InChI=1S/C18H14N2O3/c1-22-17-3-2-11(7-16(17)21)13-6-14-15(12-4-5-23-10-12)9-20-18(14)19-8-13/h2-10,21H,1H3,(H,19,20). The van der Waals surface area contributed by atoms with Gasteiger partial charge in [0, 0.05) is 34.5 Å². The Morgan fingerprint density at radius 3 is 2.78 bits per heavy atom. The van der Waals surface area contributed by atoms with Gasteiger partial charge in [0.05, 0.1) is 19.6 Å². The minimum Gasteiger partial charge on any atom is -0.504 e. The number of furan rings is 1. The first kappa shape index (κ1) is 13.5. The zero-order valence-electron chi connectivity index (χ0n) is 12.4. The van der Waals surface area contributed by atoms with E-state index in [4.69, 9.17) is 9.15 Å². The molecule has 4 aromatic rings. The highest BCUT2D eigenvalue weighted by atomic mass is 16.5. The topological polar surface area (TPSA) is 71.3 Å². The summed E-state index contributed by atoms with van der Waals surface area (Å²) in [5.74, 6) is 0.553. The van der Waals surface area contributed by atoms with Crippen molar-refractivity contribution in [2.24, 2.45) is 0 Å². The molecule has 0 atom stereocenters. The normalized spacial score (nSPS) is 11.0. The third-order valence-electron chi connectivity index (χ3n) is 3.88. The van der Waals surface area contributed by atoms with Crippen LogP contribution >= 0.6 is 0 Å². The number of hydrogen-bond donors (Lipinski definition) is 2. The van der Waals surface area contributed by atoms with E-state index in [0.717, 1.165) is 33.3 Å². The summed E-state index contributed by atoms with van der Waals surface area (Å²) in [6, 6.07) is 9.26. The summed E-state index contributed by atoms with van der Waals surface area (Å²) in [5, 5.41) is 11.0. The van der Waals surface area contributed by atoms with Gasteiger partial charge in [0.2, 0.25) is 0 Å². The molecule has 0 aliphatic rings. The van der Waals surface area contributed by atoms with E-state index >= 15 is 0 Å². The zero-order chi connectivity index (χ0) is 15.8. The molecule has 2 N–H and O–H groups in total. The summed E-state index contributed by atoms with van der Waals surface area (Å²) < 4.78 is 10.2. The maximum Gasteiger partial charge on any atom is 0.160 e. The molecule has 0 amide bonds. The summed E-state index contributed by atoms with van der Waals surface area (Å²) in [6.07, 6.45) is 7.04. The van der Waals surface area contributed by atoms with Gasteiger partial charge >= 0.3 is 0 Å². The number of pyridine rings is 1. The number of methoxy groups -OCH3 is 1. The molecule has 0 fully saturated rings. The minimum absolute atomic E-state index is 0.106. The molecule has 0 saturated heterocycles. The van der Waals surface area contributed by atoms with Crippen LogP contribution in [0.4, 0.5) is 0 Å². The summed E-state index contributed by atoms with van der Waals surface area (Å²) >= 11 is 0. The molecule has 0 aliphatic heterocycles. The number of rotatable bonds is 3. The Kier molecular flexibility index (Phi) is 3.05. The second-order valence-electron chi connectivity index (χ2n) is 5.22. The summed E-state index contributed by atoms with van der Waals surface area (Å²) in [5.41, 5.74) is 4.62. The first-order chi connectivity index (χ1) is 11.3. The fourth-order valence-corrected chi connectivity index (χ4v) is 2.69. The highest BCUT2D eigenvalue weighted by molar-refractivity contribution is 5.95. The number of ether oxygens (including phenoxy) is 1. The number of nitrogens with one attached hydrogen (secondary N) is 1. The first-order valence-corrected chi connectivity index (χ1v) is 7.13. The van der Waals surface area contributed by atoms with Gasteiger partial charge < -0.3 is 19.2 Å². The van der Waals surface area contributed by atoms with Crippen molar-refractivity contribution >= 4 is 11.0 Å². The molecule has 114 valence electrons. The lowest BCUT2D eigenvalue weighted by atomic mass is 10.0. The van der Waals surface area contributed by atoms with E-state index in [0.29, 0.717) is 5.75 Å². The first-order valence-electron chi connectivity index (χ1n) is 7.13. The molecular formula is C18H14N2O3. The molecule has 0 bridgehead atoms. The largest absolute Gasteiger partial charge is 0.504 e. The second kappa shape index (κ2) is 5.21. The Labute approximate surface area is 132 Å². The van der Waals surface area contributed by atoms with Gasteiger partial charge in [0.1, 0.15) is 5.65 Å². The fraction of sp³-hybridized carbons (Fsp3) is 0.0556. The van der Waals surface area contributed by atoms with Gasteiger partial charge in [-0.05, 0) is 29.8 Å². The lowest BCUT2D eigenvalue weighted by molar-refractivity contribution is 0.373. The Hall–Kier alpha value is -3.21. The van der Waals surface area contributed by atoms with Gasteiger partial charge in [-0.1, -0.05) is 6.07 Å². The van der Waals surface area contributed by atoms with E-state index in [1.807, 2.05) is 24.4 Å². The molecule has 0 spiro atoms. The van der Waals surface area contributed by atoms with Crippen LogP contribution in [0.25, 0.3) is 33.3 Å². The molecule has 0 radical (unpaired) electrons. The van der Waals surface area contributed by atoms with E-state index in [1.165, 1.54) is 7.11 Å². The number of hydrogen-bond acceptors (Lipinski definition) is 4. The number of phenolic OH excluding ortho intramolecular Hbond substituents is 1. The van der Waals surface area contributed by atoms with Crippen molar-refractivity contribution in [1.29, 1.82) is 0 Å².